The molecule has 2 aromatic carbocycles. The zero-order valence-electron chi connectivity index (χ0n) is 17.2. The Kier molecular flexibility index (Phi) is 5.43. The summed E-state index contributed by atoms with van der Waals surface area (Å²) in [7, 11) is 1.51. The van der Waals surface area contributed by atoms with Crippen LogP contribution in [0.4, 0.5) is 0 Å². The van der Waals surface area contributed by atoms with E-state index in [1.165, 1.54) is 13.3 Å². The van der Waals surface area contributed by atoms with Crippen molar-refractivity contribution >= 4 is 41.2 Å². The average Bonchev–Trinajstić information content (AvgIpc) is 3.46. The van der Waals surface area contributed by atoms with Crippen LogP contribution in [0.25, 0.3) is 0 Å². The molecule has 2 aliphatic carbocycles. The summed E-state index contributed by atoms with van der Waals surface area (Å²) in [5.74, 6) is 0.0378. The van der Waals surface area contributed by atoms with Gasteiger partial charge in [0.15, 0.2) is 11.5 Å². The van der Waals surface area contributed by atoms with Crippen molar-refractivity contribution in [2.45, 2.75) is 13.0 Å². The van der Waals surface area contributed by atoms with Crippen LogP contribution in [-0.4, -0.2) is 30.1 Å². The molecule has 0 spiro atoms. The molecule has 0 N–H and O–H groups in total. The van der Waals surface area contributed by atoms with Crippen LogP contribution in [0.5, 0.6) is 11.5 Å². The molecule has 1 saturated heterocycles. The fraction of sp³-hybridized carbons (Fsp3) is 0.292. The van der Waals surface area contributed by atoms with Crippen molar-refractivity contribution in [1.29, 1.82) is 0 Å². The number of hydrogen-bond donors (Lipinski definition) is 0. The number of nitrogens with zero attached hydrogens (tertiary/aromatic N) is 2. The fourth-order valence-electron chi connectivity index (χ4n) is 4.84. The van der Waals surface area contributed by atoms with Gasteiger partial charge in [0.25, 0.3) is 11.8 Å². The van der Waals surface area contributed by atoms with Crippen molar-refractivity contribution in [3.8, 4) is 11.5 Å². The topological polar surface area (TPSA) is 68.2 Å². The number of halogens is 2. The standard InChI is InChI=1S/C24H20Cl2N2O4/c1-31-19-9-13(8-18(26)22(19)32-12-16-4-2-3-5-17(16)25)11-27-28-23(29)20-14-6-7-15(10-14)21(20)24(28)30/h2-9,11,14-15,20-21H,10,12H2,1H3. The second kappa shape index (κ2) is 8.26. The van der Waals surface area contributed by atoms with Crippen LogP contribution in [0.2, 0.25) is 10.0 Å². The van der Waals surface area contributed by atoms with E-state index in [2.05, 4.69) is 17.3 Å². The number of benzene rings is 2. The van der Waals surface area contributed by atoms with Gasteiger partial charge in [-0.3, -0.25) is 9.59 Å². The number of carbonyl (C=O) groups excluding carboxylic acids is 2. The van der Waals surface area contributed by atoms with Crippen LogP contribution in [0, 0.1) is 23.7 Å². The summed E-state index contributed by atoms with van der Waals surface area (Å²) in [4.78, 5) is 25.6. The third kappa shape index (κ3) is 3.48. The Bertz CT molecular complexity index is 1130. The normalized spacial score (nSPS) is 25.8. The van der Waals surface area contributed by atoms with E-state index in [0.29, 0.717) is 27.1 Å². The van der Waals surface area contributed by atoms with Crippen molar-refractivity contribution in [3.05, 3.63) is 69.7 Å². The number of ether oxygens (including phenoxy) is 2. The van der Waals surface area contributed by atoms with Crippen LogP contribution < -0.4 is 9.47 Å². The van der Waals surface area contributed by atoms with Gasteiger partial charge in [-0.05, 0) is 42.0 Å². The van der Waals surface area contributed by atoms with Crippen LogP contribution >= 0.6 is 23.2 Å². The Morgan fingerprint density at radius 2 is 1.75 bits per heavy atom. The van der Waals surface area contributed by atoms with E-state index in [4.69, 9.17) is 32.7 Å². The Morgan fingerprint density at radius 3 is 2.41 bits per heavy atom. The highest BCUT2D eigenvalue weighted by molar-refractivity contribution is 6.32. The highest BCUT2D eigenvalue weighted by Crippen LogP contribution is 2.52. The van der Waals surface area contributed by atoms with Crippen molar-refractivity contribution in [1.82, 2.24) is 5.01 Å². The number of hydrogen-bond acceptors (Lipinski definition) is 5. The monoisotopic (exact) mass is 470 g/mol. The number of carbonyl (C=O) groups is 2. The third-order valence-electron chi connectivity index (χ3n) is 6.35. The molecule has 4 atom stereocenters. The molecule has 164 valence electrons. The molecule has 5 rings (SSSR count). The van der Waals surface area contributed by atoms with E-state index in [0.717, 1.165) is 17.0 Å². The van der Waals surface area contributed by atoms with Crippen LogP contribution in [0.3, 0.4) is 0 Å². The first kappa shape index (κ1) is 21.0. The lowest BCUT2D eigenvalue weighted by Crippen LogP contribution is -2.28. The number of imide groups is 1. The molecule has 2 aromatic rings. The minimum Gasteiger partial charge on any atom is -0.493 e. The zero-order chi connectivity index (χ0) is 22.4. The Hall–Kier alpha value is -2.83. The number of rotatable bonds is 6. The largest absolute Gasteiger partial charge is 0.493 e. The molecule has 2 bridgehead atoms. The SMILES string of the molecule is COc1cc(C=NN2C(=O)C3C4C=CC(C4)C3C2=O)cc(Cl)c1OCc1ccccc1Cl. The van der Waals surface area contributed by atoms with E-state index in [-0.39, 0.29) is 42.1 Å². The van der Waals surface area contributed by atoms with Gasteiger partial charge in [0.2, 0.25) is 0 Å². The summed E-state index contributed by atoms with van der Waals surface area (Å²) in [6, 6.07) is 10.7. The first-order valence-corrected chi connectivity index (χ1v) is 11.1. The minimum atomic E-state index is -0.284. The zero-order valence-corrected chi connectivity index (χ0v) is 18.7. The van der Waals surface area contributed by atoms with Gasteiger partial charge in [-0.2, -0.15) is 10.1 Å². The molecule has 1 heterocycles. The van der Waals surface area contributed by atoms with Gasteiger partial charge in [-0.15, -0.1) is 0 Å². The summed E-state index contributed by atoms with van der Waals surface area (Å²) in [5, 5.41) is 6.11. The Balaban J connectivity index is 1.34. The van der Waals surface area contributed by atoms with Gasteiger partial charge in [0.05, 0.1) is 30.2 Å². The second-order valence-corrected chi connectivity index (χ2v) is 8.96. The summed E-state index contributed by atoms with van der Waals surface area (Å²) in [6.45, 7) is 0.221. The first-order valence-electron chi connectivity index (χ1n) is 10.3. The van der Waals surface area contributed by atoms with E-state index in [9.17, 15) is 9.59 Å². The van der Waals surface area contributed by atoms with Gasteiger partial charge >= 0.3 is 0 Å². The number of fused-ring (bicyclic) bond motifs is 5. The summed E-state index contributed by atoms with van der Waals surface area (Å²) in [5.41, 5.74) is 1.40. The molecule has 8 heteroatoms. The summed E-state index contributed by atoms with van der Waals surface area (Å²) < 4.78 is 11.3. The van der Waals surface area contributed by atoms with E-state index in [1.807, 2.05) is 18.2 Å². The Morgan fingerprint density at radius 1 is 1.06 bits per heavy atom. The van der Waals surface area contributed by atoms with Gasteiger partial charge in [-0.25, -0.2) is 0 Å². The maximum absolute atomic E-state index is 12.8. The predicted octanol–water partition coefficient (Wildman–Crippen LogP) is 4.72. The molecule has 32 heavy (non-hydrogen) atoms. The number of amides is 2. The van der Waals surface area contributed by atoms with Gasteiger partial charge in [0.1, 0.15) is 6.61 Å². The molecule has 0 aromatic heterocycles. The molecule has 3 aliphatic rings. The van der Waals surface area contributed by atoms with Crippen LogP contribution in [0.1, 0.15) is 17.5 Å². The third-order valence-corrected chi connectivity index (χ3v) is 7.00. The molecular weight excluding hydrogens is 451 g/mol. The average molecular weight is 471 g/mol. The van der Waals surface area contributed by atoms with Crippen molar-refractivity contribution < 1.29 is 19.1 Å². The first-order chi connectivity index (χ1) is 15.5. The summed E-state index contributed by atoms with van der Waals surface area (Å²) >= 11 is 12.6. The molecule has 6 nitrogen and oxygen atoms in total. The number of hydrazone groups is 1. The second-order valence-electron chi connectivity index (χ2n) is 8.15. The maximum atomic E-state index is 12.8. The van der Waals surface area contributed by atoms with Crippen molar-refractivity contribution in [2.75, 3.05) is 7.11 Å². The lowest BCUT2D eigenvalue weighted by atomic mass is 9.85. The lowest BCUT2D eigenvalue weighted by molar-refractivity contribution is -0.140. The minimum absolute atomic E-state index is 0.144. The molecule has 1 aliphatic heterocycles. The molecule has 4 unspecified atom stereocenters. The molecule has 0 radical (unpaired) electrons. The Labute approximate surface area is 195 Å². The van der Waals surface area contributed by atoms with Gasteiger partial charge in [-0.1, -0.05) is 53.6 Å². The molecule has 1 saturated carbocycles. The quantitative estimate of drug-likeness (QED) is 0.347. The van der Waals surface area contributed by atoms with Crippen LogP contribution in [-0.2, 0) is 16.2 Å². The number of allylic oxidation sites excluding steroid dienone is 2. The molecule has 2 amide bonds. The summed E-state index contributed by atoms with van der Waals surface area (Å²) in [6.07, 6.45) is 6.43. The predicted molar refractivity (Wildman–Crippen MR) is 121 cm³/mol. The smallest absolute Gasteiger partial charge is 0.254 e. The maximum Gasteiger partial charge on any atom is 0.254 e. The van der Waals surface area contributed by atoms with Crippen molar-refractivity contribution in [2.24, 2.45) is 28.8 Å². The highest BCUT2D eigenvalue weighted by atomic mass is 35.5. The highest BCUT2D eigenvalue weighted by Gasteiger charge is 2.59. The van der Waals surface area contributed by atoms with Crippen molar-refractivity contribution in [3.63, 3.8) is 0 Å². The van der Waals surface area contributed by atoms with E-state index in [1.54, 1.807) is 18.2 Å². The van der Waals surface area contributed by atoms with E-state index >= 15 is 0 Å². The lowest BCUT2D eigenvalue weighted by Gasteiger charge is -2.14. The van der Waals surface area contributed by atoms with Gasteiger partial charge in [0, 0.05) is 10.6 Å². The number of methoxy groups -OCH3 is 1. The van der Waals surface area contributed by atoms with Gasteiger partial charge < -0.3 is 9.47 Å². The fourth-order valence-corrected chi connectivity index (χ4v) is 5.31. The van der Waals surface area contributed by atoms with E-state index < -0.39 is 0 Å². The van der Waals surface area contributed by atoms with Crippen LogP contribution in [0.15, 0.2) is 53.7 Å². The molecular formula is C24H20Cl2N2O4. The molecule has 2 fully saturated rings.